The van der Waals surface area contributed by atoms with Gasteiger partial charge in [0, 0.05) is 36.3 Å². The number of thiophene rings is 1. The van der Waals surface area contributed by atoms with Crippen LogP contribution in [0.3, 0.4) is 0 Å². The van der Waals surface area contributed by atoms with E-state index < -0.39 is 5.54 Å². The van der Waals surface area contributed by atoms with E-state index in [1.165, 1.54) is 21.0 Å². The summed E-state index contributed by atoms with van der Waals surface area (Å²) in [5.74, 6) is 0.473. The van der Waals surface area contributed by atoms with Gasteiger partial charge in [0.2, 0.25) is 0 Å². The lowest BCUT2D eigenvalue weighted by atomic mass is 9.73. The number of hydrogen-bond donors (Lipinski definition) is 1. The first-order valence-corrected chi connectivity index (χ1v) is 12.5. The Labute approximate surface area is 194 Å². The summed E-state index contributed by atoms with van der Waals surface area (Å²) < 4.78 is 1.91. The molecule has 2 aliphatic heterocycles. The highest BCUT2D eigenvalue weighted by Crippen LogP contribution is 2.38. The molecule has 2 aromatic heterocycles. The highest BCUT2D eigenvalue weighted by Gasteiger charge is 2.55. The Kier molecular flexibility index (Phi) is 6.72. The summed E-state index contributed by atoms with van der Waals surface area (Å²) >= 11 is 1.67. The summed E-state index contributed by atoms with van der Waals surface area (Å²) in [6.45, 7) is 9.56. The Morgan fingerprint density at radius 2 is 2.03 bits per heavy atom. The summed E-state index contributed by atoms with van der Waals surface area (Å²) in [5, 5.41) is 9.58. The van der Waals surface area contributed by atoms with E-state index in [9.17, 15) is 9.59 Å². The molecular formula is C24H35N5O2S. The van der Waals surface area contributed by atoms with Crippen molar-refractivity contribution in [3.05, 3.63) is 39.8 Å². The molecule has 0 radical (unpaired) electrons. The van der Waals surface area contributed by atoms with E-state index in [-0.39, 0.29) is 17.9 Å². The molecule has 2 saturated heterocycles. The summed E-state index contributed by atoms with van der Waals surface area (Å²) in [6, 6.07) is 3.85. The second-order valence-electron chi connectivity index (χ2n) is 9.71. The molecule has 7 nitrogen and oxygen atoms in total. The molecule has 2 aliphatic rings. The van der Waals surface area contributed by atoms with Crippen LogP contribution in [0.4, 0.5) is 4.79 Å². The number of nitrogens with zero attached hydrogens (tertiary/aromatic N) is 4. The van der Waals surface area contributed by atoms with E-state index in [4.69, 9.17) is 0 Å². The number of nitrogens with one attached hydrogen (secondary N) is 1. The van der Waals surface area contributed by atoms with Gasteiger partial charge in [0.05, 0.1) is 6.20 Å². The van der Waals surface area contributed by atoms with Gasteiger partial charge in [-0.25, -0.2) is 4.79 Å². The zero-order valence-electron chi connectivity index (χ0n) is 19.6. The molecule has 4 heterocycles. The van der Waals surface area contributed by atoms with Gasteiger partial charge in [-0.05, 0) is 69.0 Å². The largest absolute Gasteiger partial charge is 0.325 e. The van der Waals surface area contributed by atoms with Gasteiger partial charge in [-0.1, -0.05) is 19.9 Å². The fourth-order valence-corrected chi connectivity index (χ4v) is 5.97. The minimum absolute atomic E-state index is 0.0192. The van der Waals surface area contributed by atoms with E-state index in [0.29, 0.717) is 18.9 Å². The van der Waals surface area contributed by atoms with Gasteiger partial charge in [-0.15, -0.1) is 11.3 Å². The van der Waals surface area contributed by atoms with Crippen molar-refractivity contribution in [3.8, 4) is 0 Å². The number of likely N-dealkylation sites (tertiary alicyclic amines) is 1. The topological polar surface area (TPSA) is 70.5 Å². The number of imide groups is 1. The summed E-state index contributed by atoms with van der Waals surface area (Å²) in [7, 11) is 1.97. The van der Waals surface area contributed by atoms with Crippen LogP contribution in [0.2, 0.25) is 0 Å². The second kappa shape index (κ2) is 9.35. The van der Waals surface area contributed by atoms with E-state index >= 15 is 0 Å². The lowest BCUT2D eigenvalue weighted by Crippen LogP contribution is -2.56. The van der Waals surface area contributed by atoms with Crippen LogP contribution in [0.25, 0.3) is 0 Å². The van der Waals surface area contributed by atoms with Gasteiger partial charge in [0.15, 0.2) is 0 Å². The van der Waals surface area contributed by atoms with Crippen molar-refractivity contribution >= 4 is 23.3 Å². The molecule has 174 valence electrons. The third-order valence-corrected chi connectivity index (χ3v) is 8.05. The average Bonchev–Trinajstić information content (AvgIpc) is 3.44. The molecular weight excluding hydrogens is 422 g/mol. The number of piperidine rings is 1. The minimum atomic E-state index is -0.767. The van der Waals surface area contributed by atoms with Crippen LogP contribution in [0.15, 0.2) is 23.7 Å². The summed E-state index contributed by atoms with van der Waals surface area (Å²) in [4.78, 5) is 31.7. The fraction of sp³-hybridized carbons (Fsp3) is 0.625. The highest BCUT2D eigenvalue weighted by molar-refractivity contribution is 7.09. The molecule has 0 aromatic carbocycles. The maximum atomic E-state index is 13.7. The Morgan fingerprint density at radius 1 is 1.28 bits per heavy atom. The van der Waals surface area contributed by atoms with Crippen molar-refractivity contribution in [1.82, 2.24) is 24.9 Å². The monoisotopic (exact) mass is 457 g/mol. The predicted octanol–water partition coefficient (Wildman–Crippen LogP) is 3.58. The van der Waals surface area contributed by atoms with Crippen LogP contribution in [0, 0.1) is 18.8 Å². The van der Waals surface area contributed by atoms with E-state index in [2.05, 4.69) is 42.2 Å². The first-order valence-electron chi connectivity index (χ1n) is 11.7. The maximum Gasteiger partial charge on any atom is 0.325 e. The van der Waals surface area contributed by atoms with Crippen molar-refractivity contribution in [2.45, 2.75) is 58.5 Å². The van der Waals surface area contributed by atoms with Gasteiger partial charge in [-0.3, -0.25) is 19.3 Å². The van der Waals surface area contributed by atoms with Crippen molar-refractivity contribution in [2.75, 3.05) is 19.6 Å². The van der Waals surface area contributed by atoms with Gasteiger partial charge in [-0.2, -0.15) is 5.10 Å². The van der Waals surface area contributed by atoms with Crippen molar-refractivity contribution < 1.29 is 9.59 Å². The molecule has 8 heteroatoms. The number of carbonyl (C=O) groups excluding carboxylic acids is 2. The van der Waals surface area contributed by atoms with Crippen LogP contribution in [-0.4, -0.2) is 56.7 Å². The van der Waals surface area contributed by atoms with Crippen LogP contribution < -0.4 is 5.32 Å². The fourth-order valence-electron chi connectivity index (χ4n) is 5.27. The van der Waals surface area contributed by atoms with Gasteiger partial charge >= 0.3 is 6.03 Å². The van der Waals surface area contributed by atoms with Crippen molar-refractivity contribution in [2.24, 2.45) is 18.9 Å². The standard InChI is InChI=1S/C24H35N5O2S/c1-17(2)14-24(22(30)29(23(31)26-24)12-9-21-6-5-13-32-21)20-7-10-28(11-8-20)16-19-15-25-27(4)18(19)3/h5-6,13,15,17,20H,7-12,14,16H2,1-4H3,(H,26,31). The molecule has 1 N–H and O–H groups in total. The van der Waals surface area contributed by atoms with Gasteiger partial charge in [0.25, 0.3) is 5.91 Å². The maximum absolute atomic E-state index is 13.7. The molecule has 0 bridgehead atoms. The quantitative estimate of drug-likeness (QED) is 0.615. The number of aromatic nitrogens is 2. The summed E-state index contributed by atoms with van der Waals surface area (Å²) in [6.07, 6.45) is 5.19. The molecule has 3 amide bonds. The van der Waals surface area contributed by atoms with Crippen LogP contribution in [-0.2, 0) is 24.8 Å². The smallest absolute Gasteiger partial charge is 0.323 e. The minimum Gasteiger partial charge on any atom is -0.323 e. The van der Waals surface area contributed by atoms with Crippen LogP contribution >= 0.6 is 11.3 Å². The number of carbonyl (C=O) groups is 2. The Morgan fingerprint density at radius 3 is 2.62 bits per heavy atom. The first-order chi connectivity index (χ1) is 15.3. The SMILES string of the molecule is Cc1c(CN2CCC(C3(CC(C)C)NC(=O)N(CCc4cccs4)C3=O)CC2)cnn1C. The average molecular weight is 458 g/mol. The van der Waals surface area contributed by atoms with E-state index in [1.54, 1.807) is 11.3 Å². The number of aryl methyl sites for hydroxylation is 1. The first kappa shape index (κ1) is 23.0. The van der Waals surface area contributed by atoms with Gasteiger partial charge in [0.1, 0.15) is 5.54 Å². The Balaban J connectivity index is 1.44. The molecule has 1 unspecified atom stereocenters. The third kappa shape index (κ3) is 4.48. The lowest BCUT2D eigenvalue weighted by Gasteiger charge is -2.41. The molecule has 4 rings (SSSR count). The second-order valence-corrected chi connectivity index (χ2v) is 10.7. The highest BCUT2D eigenvalue weighted by atomic mass is 32.1. The number of rotatable bonds is 8. The Hall–Kier alpha value is -2.19. The van der Waals surface area contributed by atoms with Crippen molar-refractivity contribution in [1.29, 1.82) is 0 Å². The molecule has 2 aromatic rings. The van der Waals surface area contributed by atoms with Crippen LogP contribution in [0.1, 0.15) is 49.2 Å². The number of hydrogen-bond acceptors (Lipinski definition) is 5. The number of urea groups is 1. The number of amides is 3. The lowest BCUT2D eigenvalue weighted by molar-refractivity contribution is -0.134. The predicted molar refractivity (Wildman–Crippen MR) is 126 cm³/mol. The molecule has 0 spiro atoms. The normalized spacial score (nSPS) is 22.8. The molecule has 2 fully saturated rings. The van der Waals surface area contributed by atoms with E-state index in [1.807, 2.05) is 29.4 Å². The molecule has 1 atom stereocenters. The van der Waals surface area contributed by atoms with Crippen LogP contribution in [0.5, 0.6) is 0 Å². The van der Waals surface area contributed by atoms with Crippen molar-refractivity contribution in [3.63, 3.8) is 0 Å². The molecule has 0 saturated carbocycles. The molecule has 0 aliphatic carbocycles. The molecule has 32 heavy (non-hydrogen) atoms. The van der Waals surface area contributed by atoms with Gasteiger partial charge < -0.3 is 5.32 Å². The Bertz CT molecular complexity index is 946. The van der Waals surface area contributed by atoms with E-state index in [0.717, 1.165) is 38.9 Å². The zero-order valence-corrected chi connectivity index (χ0v) is 20.5. The third-order valence-electron chi connectivity index (χ3n) is 7.11. The summed E-state index contributed by atoms with van der Waals surface area (Å²) in [5.41, 5.74) is 1.69. The zero-order chi connectivity index (χ0) is 22.9.